The van der Waals surface area contributed by atoms with Crippen LogP contribution in [0.15, 0.2) is 42.5 Å². The summed E-state index contributed by atoms with van der Waals surface area (Å²) in [6.45, 7) is 2.50. The second-order valence-electron chi connectivity index (χ2n) is 6.95. The zero-order chi connectivity index (χ0) is 24.4. The molecule has 0 amide bonds. The van der Waals surface area contributed by atoms with Gasteiger partial charge in [0.15, 0.2) is 29.1 Å². The maximum absolute atomic E-state index is 11.4. The van der Waals surface area contributed by atoms with Gasteiger partial charge in [-0.1, -0.05) is 18.2 Å². The Labute approximate surface area is 192 Å². The highest BCUT2D eigenvalue weighted by Crippen LogP contribution is 2.34. The molecule has 0 aliphatic heterocycles. The van der Waals surface area contributed by atoms with Crippen molar-refractivity contribution in [3.63, 3.8) is 0 Å². The summed E-state index contributed by atoms with van der Waals surface area (Å²) in [7, 11) is 2.86. The second-order valence-corrected chi connectivity index (χ2v) is 6.95. The lowest BCUT2D eigenvalue weighted by Gasteiger charge is -2.25. The van der Waals surface area contributed by atoms with Crippen LogP contribution in [-0.4, -0.2) is 55.7 Å². The number of aliphatic hydroxyl groups is 1. The molecule has 33 heavy (non-hydrogen) atoms. The predicted octanol–water partition coefficient (Wildman–Crippen LogP) is 3.03. The van der Waals surface area contributed by atoms with Crippen LogP contribution in [0.1, 0.15) is 31.1 Å². The van der Waals surface area contributed by atoms with Crippen molar-refractivity contribution in [2.45, 2.75) is 26.1 Å². The van der Waals surface area contributed by atoms with E-state index in [1.165, 1.54) is 46.3 Å². The Morgan fingerprint density at radius 2 is 1.64 bits per heavy atom. The molecule has 2 aromatic carbocycles. The van der Waals surface area contributed by atoms with Gasteiger partial charge in [-0.05, 0) is 41.5 Å². The van der Waals surface area contributed by atoms with Crippen molar-refractivity contribution in [2.24, 2.45) is 0 Å². The van der Waals surface area contributed by atoms with Crippen LogP contribution in [0.3, 0.4) is 0 Å². The van der Waals surface area contributed by atoms with E-state index in [1.807, 2.05) is 0 Å². The molecule has 0 saturated heterocycles. The quantitative estimate of drug-likeness (QED) is 0.487. The highest BCUT2D eigenvalue weighted by Gasteiger charge is 2.26. The molecular weight excluding hydrogens is 432 g/mol. The van der Waals surface area contributed by atoms with E-state index >= 15 is 0 Å². The number of ether oxygens (including phenoxy) is 5. The molecule has 0 aromatic heterocycles. The molecule has 2 atom stereocenters. The number of aliphatic hydroxyl groups excluding tert-OH is 1. The molecule has 0 saturated carbocycles. The molecule has 9 heteroatoms. The average molecular weight is 460 g/mol. The van der Waals surface area contributed by atoms with E-state index in [0.29, 0.717) is 17.1 Å². The molecule has 0 bridgehead atoms. The molecule has 0 radical (unpaired) electrons. The first kappa shape index (κ1) is 25.5. The fourth-order valence-corrected chi connectivity index (χ4v) is 2.88. The van der Waals surface area contributed by atoms with Crippen LogP contribution in [0.2, 0.25) is 0 Å². The predicted molar refractivity (Wildman–Crippen MR) is 119 cm³/mol. The minimum Gasteiger partial charge on any atom is -0.504 e. The summed E-state index contributed by atoms with van der Waals surface area (Å²) in [4.78, 5) is 22.2. The van der Waals surface area contributed by atoms with Crippen molar-refractivity contribution in [1.29, 1.82) is 0 Å². The molecule has 9 nitrogen and oxygen atoms in total. The lowest BCUT2D eigenvalue weighted by Crippen LogP contribution is -2.31. The number of rotatable bonds is 11. The summed E-state index contributed by atoms with van der Waals surface area (Å²) in [5.74, 6) is -0.0985. The first-order valence-corrected chi connectivity index (χ1v) is 10.1. The van der Waals surface area contributed by atoms with Crippen molar-refractivity contribution in [1.82, 2.24) is 0 Å². The lowest BCUT2D eigenvalue weighted by atomic mass is 10.0. The number of aromatic hydroxyl groups is 1. The minimum atomic E-state index is -1.22. The normalized spacial score (nSPS) is 12.6. The van der Waals surface area contributed by atoms with Gasteiger partial charge in [0, 0.05) is 13.8 Å². The van der Waals surface area contributed by atoms with Crippen molar-refractivity contribution in [3.05, 3.63) is 53.6 Å². The van der Waals surface area contributed by atoms with Gasteiger partial charge in [-0.3, -0.25) is 9.59 Å². The van der Waals surface area contributed by atoms with Crippen LogP contribution in [0.25, 0.3) is 6.08 Å². The molecule has 178 valence electrons. The van der Waals surface area contributed by atoms with E-state index in [-0.39, 0.29) is 30.7 Å². The summed E-state index contributed by atoms with van der Waals surface area (Å²) >= 11 is 0. The summed E-state index contributed by atoms with van der Waals surface area (Å²) in [6.07, 6.45) is 1.24. The molecule has 0 spiro atoms. The highest BCUT2D eigenvalue weighted by atomic mass is 16.6. The molecule has 2 aromatic rings. The number of phenols is 1. The van der Waals surface area contributed by atoms with E-state index in [9.17, 15) is 19.8 Å². The second kappa shape index (κ2) is 12.4. The third kappa shape index (κ3) is 7.73. The first-order valence-electron chi connectivity index (χ1n) is 10.1. The van der Waals surface area contributed by atoms with Crippen molar-refractivity contribution in [2.75, 3.05) is 27.4 Å². The number of benzene rings is 2. The Morgan fingerprint density at radius 1 is 0.939 bits per heavy atom. The maximum atomic E-state index is 11.4. The minimum absolute atomic E-state index is 0.0788. The Bertz CT molecular complexity index is 984. The van der Waals surface area contributed by atoms with Crippen LogP contribution in [-0.2, 0) is 19.1 Å². The molecule has 2 N–H and O–H groups in total. The summed E-state index contributed by atoms with van der Waals surface area (Å²) in [5.41, 5.74) is 1.16. The Balaban J connectivity index is 2.26. The third-order valence-corrected chi connectivity index (χ3v) is 4.51. The Kier molecular flexibility index (Phi) is 9.56. The van der Waals surface area contributed by atoms with Crippen molar-refractivity contribution in [3.8, 4) is 23.0 Å². The number of carbonyl (C=O) groups is 2. The molecule has 0 unspecified atom stereocenters. The smallest absolute Gasteiger partial charge is 0.302 e. The van der Waals surface area contributed by atoms with Gasteiger partial charge in [-0.2, -0.15) is 0 Å². The van der Waals surface area contributed by atoms with Gasteiger partial charge < -0.3 is 33.9 Å². The van der Waals surface area contributed by atoms with E-state index < -0.39 is 18.2 Å². The third-order valence-electron chi connectivity index (χ3n) is 4.51. The number of phenolic OH excluding ortho intramolecular Hbond substituents is 1. The van der Waals surface area contributed by atoms with Crippen LogP contribution in [0.5, 0.6) is 23.0 Å². The van der Waals surface area contributed by atoms with E-state index in [4.69, 9.17) is 23.7 Å². The number of esters is 2. The topological polar surface area (TPSA) is 121 Å². The van der Waals surface area contributed by atoms with Crippen LogP contribution in [0, 0.1) is 0 Å². The highest BCUT2D eigenvalue weighted by molar-refractivity contribution is 5.66. The van der Waals surface area contributed by atoms with Crippen LogP contribution >= 0.6 is 0 Å². The molecule has 0 fully saturated rings. The number of carbonyl (C=O) groups excluding carboxylic acids is 2. The summed E-state index contributed by atoms with van der Waals surface area (Å²) in [6, 6.07) is 9.48. The largest absolute Gasteiger partial charge is 0.504 e. The van der Waals surface area contributed by atoms with Gasteiger partial charge >= 0.3 is 11.9 Å². The Morgan fingerprint density at radius 3 is 2.27 bits per heavy atom. The lowest BCUT2D eigenvalue weighted by molar-refractivity contribution is -0.145. The molecule has 2 rings (SSSR count). The zero-order valence-electron chi connectivity index (χ0n) is 18.9. The van der Waals surface area contributed by atoms with Crippen molar-refractivity contribution < 1.29 is 43.5 Å². The van der Waals surface area contributed by atoms with E-state index in [2.05, 4.69) is 0 Å². The van der Waals surface area contributed by atoms with Crippen LogP contribution < -0.4 is 14.2 Å². The van der Waals surface area contributed by atoms with Crippen molar-refractivity contribution >= 4 is 18.0 Å². The first-order chi connectivity index (χ1) is 15.7. The molecule has 0 heterocycles. The fraction of sp³-hybridized carbons (Fsp3) is 0.333. The van der Waals surface area contributed by atoms with Gasteiger partial charge in [0.25, 0.3) is 0 Å². The number of methoxy groups -OCH3 is 2. The van der Waals surface area contributed by atoms with Gasteiger partial charge in [0.1, 0.15) is 19.3 Å². The van der Waals surface area contributed by atoms with E-state index in [1.54, 1.807) is 30.4 Å². The summed E-state index contributed by atoms with van der Waals surface area (Å²) < 4.78 is 26.4. The zero-order valence-corrected chi connectivity index (χ0v) is 18.9. The maximum Gasteiger partial charge on any atom is 0.302 e. The van der Waals surface area contributed by atoms with Gasteiger partial charge in [0.05, 0.1) is 14.2 Å². The van der Waals surface area contributed by atoms with E-state index in [0.717, 1.165) is 5.56 Å². The van der Waals surface area contributed by atoms with Gasteiger partial charge in [-0.25, -0.2) is 0 Å². The molecule has 0 aliphatic carbocycles. The standard InChI is InChI=1S/C24H28O9/c1-15(25)31-11-5-6-17-7-10-20(22(12-17)30-4)33-23(14-32-16(2)26)24(28)18-8-9-19(27)21(13-18)29-3/h5-10,12-13,23-24,27-28H,11,14H2,1-4H3/b6-5+/t23-,24+/m1/s1. The Hall–Kier alpha value is -3.72. The average Bonchev–Trinajstić information content (AvgIpc) is 2.79. The van der Waals surface area contributed by atoms with Gasteiger partial charge in [-0.15, -0.1) is 0 Å². The van der Waals surface area contributed by atoms with Crippen LogP contribution in [0.4, 0.5) is 0 Å². The molecule has 0 aliphatic rings. The summed E-state index contributed by atoms with van der Waals surface area (Å²) in [5, 5.41) is 20.7. The number of hydrogen-bond donors (Lipinski definition) is 2. The number of hydrogen-bond acceptors (Lipinski definition) is 9. The monoisotopic (exact) mass is 460 g/mol. The van der Waals surface area contributed by atoms with Gasteiger partial charge in [0.2, 0.25) is 0 Å². The SMILES string of the molecule is COc1cc([C@H](O)[C@@H](COC(C)=O)Oc2ccc(/C=C/COC(C)=O)cc2OC)ccc1O. The molecular formula is C24H28O9. The fourth-order valence-electron chi connectivity index (χ4n) is 2.88.